The van der Waals surface area contributed by atoms with Crippen LogP contribution in [0.25, 0.3) is 11.3 Å². The standard InChI is InChI=1S/C24H26N6O5/c1-2-35-23(32)20-19(28-21(30(20)25)17-7-4-6-14-29(17)24(33)34)15-9-11-16(12-10-15)22(31)27-18-8-3-5-13-26-18/h3,5,8-13,17H,2,4,6-7,14,25H2,1H3,(H,33,34)(H,26,27,31)/t17-/m0/s1. The normalized spacial score (nSPS) is 15.5. The number of carbonyl (C=O) groups is 3. The first-order valence-corrected chi connectivity index (χ1v) is 11.3. The summed E-state index contributed by atoms with van der Waals surface area (Å²) in [5, 5.41) is 12.4. The largest absolute Gasteiger partial charge is 0.465 e. The molecule has 1 aromatic carbocycles. The number of hydrogen-bond donors (Lipinski definition) is 3. The number of imidazole rings is 1. The van der Waals surface area contributed by atoms with Crippen LogP contribution in [0.1, 0.15) is 58.9 Å². The van der Waals surface area contributed by atoms with Crippen molar-refractivity contribution in [1.29, 1.82) is 0 Å². The molecular weight excluding hydrogens is 452 g/mol. The summed E-state index contributed by atoms with van der Waals surface area (Å²) in [5.74, 6) is 5.97. The molecule has 3 heterocycles. The van der Waals surface area contributed by atoms with Crippen molar-refractivity contribution >= 4 is 23.8 Å². The van der Waals surface area contributed by atoms with Crippen molar-refractivity contribution in [2.45, 2.75) is 32.2 Å². The van der Waals surface area contributed by atoms with E-state index in [1.807, 2.05) is 0 Å². The molecule has 0 unspecified atom stereocenters. The summed E-state index contributed by atoms with van der Waals surface area (Å²) in [6.07, 6.45) is 2.60. The number of amides is 2. The quantitative estimate of drug-likeness (QED) is 0.360. The van der Waals surface area contributed by atoms with Crippen molar-refractivity contribution in [2.24, 2.45) is 0 Å². The lowest BCUT2D eigenvalue weighted by Gasteiger charge is -2.32. The molecule has 0 aliphatic carbocycles. The van der Waals surface area contributed by atoms with E-state index in [1.165, 1.54) is 4.90 Å². The summed E-state index contributed by atoms with van der Waals surface area (Å²) in [5.41, 5.74) is 1.19. The van der Waals surface area contributed by atoms with Gasteiger partial charge in [-0.25, -0.2) is 24.2 Å². The predicted octanol–water partition coefficient (Wildman–Crippen LogP) is 3.29. The Balaban J connectivity index is 1.69. The van der Waals surface area contributed by atoms with E-state index < -0.39 is 18.1 Å². The average Bonchev–Trinajstić information content (AvgIpc) is 3.21. The number of carbonyl (C=O) groups excluding carboxylic acids is 2. The first-order chi connectivity index (χ1) is 16.9. The Morgan fingerprint density at radius 2 is 1.94 bits per heavy atom. The number of nitrogens with one attached hydrogen (secondary N) is 1. The number of benzene rings is 1. The Morgan fingerprint density at radius 1 is 1.17 bits per heavy atom. The van der Waals surface area contributed by atoms with Crippen molar-refractivity contribution in [1.82, 2.24) is 19.5 Å². The molecule has 1 saturated heterocycles. The number of pyridine rings is 1. The van der Waals surface area contributed by atoms with Crippen LogP contribution in [-0.2, 0) is 4.74 Å². The number of aromatic nitrogens is 3. The molecule has 0 bridgehead atoms. The summed E-state index contributed by atoms with van der Waals surface area (Å²) in [6.45, 7) is 2.17. The summed E-state index contributed by atoms with van der Waals surface area (Å²) in [7, 11) is 0. The van der Waals surface area contributed by atoms with E-state index in [0.717, 1.165) is 17.5 Å². The number of carboxylic acid groups (broad SMARTS) is 1. The van der Waals surface area contributed by atoms with Crippen LogP contribution in [0.3, 0.4) is 0 Å². The molecule has 1 atom stereocenters. The minimum Gasteiger partial charge on any atom is -0.465 e. The molecule has 1 aliphatic heterocycles. The van der Waals surface area contributed by atoms with Gasteiger partial charge >= 0.3 is 12.1 Å². The lowest BCUT2D eigenvalue weighted by Crippen LogP contribution is -2.39. The van der Waals surface area contributed by atoms with Gasteiger partial charge < -0.3 is 21.0 Å². The lowest BCUT2D eigenvalue weighted by atomic mass is 10.0. The molecule has 3 aromatic rings. The lowest BCUT2D eigenvalue weighted by molar-refractivity contribution is 0.0516. The molecule has 1 aliphatic rings. The first-order valence-electron chi connectivity index (χ1n) is 11.3. The molecular formula is C24H26N6O5. The minimum absolute atomic E-state index is 0.0171. The van der Waals surface area contributed by atoms with E-state index >= 15 is 0 Å². The molecule has 4 N–H and O–H groups in total. The number of esters is 1. The van der Waals surface area contributed by atoms with Crippen LogP contribution < -0.4 is 11.2 Å². The van der Waals surface area contributed by atoms with Gasteiger partial charge in [-0.05, 0) is 50.5 Å². The summed E-state index contributed by atoms with van der Waals surface area (Å²) < 4.78 is 6.32. The van der Waals surface area contributed by atoms with E-state index in [4.69, 9.17) is 10.6 Å². The fourth-order valence-corrected chi connectivity index (χ4v) is 4.11. The fourth-order valence-electron chi connectivity index (χ4n) is 4.11. The predicted molar refractivity (Wildman–Crippen MR) is 127 cm³/mol. The number of anilines is 1. The molecule has 1 fully saturated rings. The Kier molecular flexibility index (Phi) is 6.95. The SMILES string of the molecule is CCOC(=O)c1c(-c2ccc(C(=O)Nc3ccccn3)cc2)nc([C@@H]2CCCCN2C(=O)O)n1N. The highest BCUT2D eigenvalue weighted by Crippen LogP contribution is 2.34. The third-order valence-corrected chi connectivity index (χ3v) is 5.78. The number of rotatable bonds is 6. The summed E-state index contributed by atoms with van der Waals surface area (Å²) >= 11 is 0. The van der Waals surface area contributed by atoms with Crippen LogP contribution in [0.15, 0.2) is 48.7 Å². The smallest absolute Gasteiger partial charge is 0.407 e. The number of nitrogen functional groups attached to an aromatic ring is 1. The zero-order valence-corrected chi connectivity index (χ0v) is 19.2. The molecule has 2 amide bonds. The molecule has 2 aromatic heterocycles. The second kappa shape index (κ2) is 10.2. The van der Waals surface area contributed by atoms with E-state index in [9.17, 15) is 19.5 Å². The third kappa shape index (κ3) is 4.93. The van der Waals surface area contributed by atoms with E-state index in [-0.39, 0.29) is 29.7 Å². The van der Waals surface area contributed by atoms with Crippen LogP contribution in [0.2, 0.25) is 0 Å². The van der Waals surface area contributed by atoms with Gasteiger partial charge in [-0.3, -0.25) is 9.69 Å². The molecule has 11 nitrogen and oxygen atoms in total. The van der Waals surface area contributed by atoms with E-state index in [0.29, 0.717) is 29.9 Å². The number of nitrogens with two attached hydrogens (primary N) is 1. The third-order valence-electron chi connectivity index (χ3n) is 5.78. The fraction of sp³-hybridized carbons (Fsp3) is 0.292. The van der Waals surface area contributed by atoms with Gasteiger partial charge in [-0.15, -0.1) is 0 Å². The van der Waals surface area contributed by atoms with Gasteiger partial charge in [0.15, 0.2) is 11.5 Å². The Labute approximate surface area is 201 Å². The number of nitrogens with zero attached hydrogens (tertiary/aromatic N) is 4. The van der Waals surface area contributed by atoms with Crippen LogP contribution in [0.4, 0.5) is 10.6 Å². The van der Waals surface area contributed by atoms with Crippen LogP contribution in [0.5, 0.6) is 0 Å². The van der Waals surface area contributed by atoms with E-state index in [1.54, 1.807) is 55.6 Å². The van der Waals surface area contributed by atoms with Gasteiger partial charge in [0, 0.05) is 23.9 Å². The second-order valence-electron chi connectivity index (χ2n) is 7.99. The van der Waals surface area contributed by atoms with Crippen molar-refractivity contribution in [2.75, 3.05) is 24.3 Å². The molecule has 11 heteroatoms. The Bertz CT molecular complexity index is 1230. The number of piperidine rings is 1. The zero-order chi connectivity index (χ0) is 24.9. The Hall–Kier alpha value is -4.41. The number of hydrogen-bond acceptors (Lipinski definition) is 7. The monoisotopic (exact) mass is 478 g/mol. The van der Waals surface area contributed by atoms with E-state index in [2.05, 4.69) is 15.3 Å². The van der Waals surface area contributed by atoms with Crippen molar-refractivity contribution in [3.05, 3.63) is 65.7 Å². The maximum absolute atomic E-state index is 12.8. The number of ether oxygens (including phenoxy) is 1. The average molecular weight is 479 g/mol. The van der Waals surface area contributed by atoms with Gasteiger partial charge in [-0.1, -0.05) is 18.2 Å². The topological polar surface area (TPSA) is 153 Å². The molecule has 0 saturated carbocycles. The van der Waals surface area contributed by atoms with Crippen LogP contribution >= 0.6 is 0 Å². The first kappa shape index (κ1) is 23.7. The zero-order valence-electron chi connectivity index (χ0n) is 19.2. The molecule has 35 heavy (non-hydrogen) atoms. The van der Waals surface area contributed by atoms with Gasteiger partial charge in [0.25, 0.3) is 5.91 Å². The van der Waals surface area contributed by atoms with Gasteiger partial charge in [0.05, 0.1) is 12.6 Å². The van der Waals surface area contributed by atoms with Gasteiger partial charge in [0.2, 0.25) is 0 Å². The van der Waals surface area contributed by atoms with Crippen LogP contribution in [0, 0.1) is 0 Å². The molecule has 4 rings (SSSR count). The highest BCUT2D eigenvalue weighted by molar-refractivity contribution is 6.04. The minimum atomic E-state index is -1.07. The molecule has 0 spiro atoms. The van der Waals surface area contributed by atoms with Gasteiger partial charge in [0.1, 0.15) is 11.5 Å². The Morgan fingerprint density at radius 3 is 2.60 bits per heavy atom. The number of likely N-dealkylation sites (tertiary alicyclic amines) is 1. The molecule has 182 valence electrons. The summed E-state index contributed by atoms with van der Waals surface area (Å²) in [6, 6.07) is 11.1. The van der Waals surface area contributed by atoms with Crippen molar-refractivity contribution < 1.29 is 24.2 Å². The maximum Gasteiger partial charge on any atom is 0.407 e. The van der Waals surface area contributed by atoms with Crippen molar-refractivity contribution in [3.8, 4) is 11.3 Å². The summed E-state index contributed by atoms with van der Waals surface area (Å²) in [4.78, 5) is 47.1. The second-order valence-corrected chi connectivity index (χ2v) is 7.99. The van der Waals surface area contributed by atoms with Crippen LogP contribution in [-0.4, -0.2) is 55.8 Å². The maximum atomic E-state index is 12.8. The highest BCUT2D eigenvalue weighted by atomic mass is 16.5. The highest BCUT2D eigenvalue weighted by Gasteiger charge is 2.34. The van der Waals surface area contributed by atoms with Gasteiger partial charge in [-0.2, -0.15) is 0 Å². The van der Waals surface area contributed by atoms with Crippen molar-refractivity contribution in [3.63, 3.8) is 0 Å². The molecule has 0 radical (unpaired) electrons.